The molecule has 1 spiro atoms. The molecule has 28 heavy (non-hydrogen) atoms. The average Bonchev–Trinajstić information content (AvgIpc) is 2.96. The molecule has 0 aliphatic carbocycles. The summed E-state index contributed by atoms with van der Waals surface area (Å²) in [6, 6.07) is 18.3. The highest BCUT2D eigenvalue weighted by Gasteiger charge is 2.53. The minimum absolute atomic E-state index is 0.0371. The van der Waals surface area contributed by atoms with Crippen molar-refractivity contribution in [2.24, 2.45) is 0 Å². The first-order valence-corrected chi connectivity index (χ1v) is 8.49. The Labute approximate surface area is 160 Å². The van der Waals surface area contributed by atoms with Crippen LogP contribution >= 0.6 is 0 Å². The number of carbonyl (C=O) groups excluding carboxylic acids is 1. The molecule has 6 nitrogen and oxygen atoms in total. The van der Waals surface area contributed by atoms with Crippen LogP contribution in [0.3, 0.4) is 0 Å². The Bertz CT molecular complexity index is 1090. The van der Waals surface area contributed by atoms with Gasteiger partial charge in [0.25, 0.3) is 0 Å². The molecule has 0 radical (unpaired) electrons. The first kappa shape index (κ1) is 17.4. The van der Waals surface area contributed by atoms with Crippen molar-refractivity contribution in [1.29, 1.82) is 5.26 Å². The Morgan fingerprint density at radius 1 is 0.893 bits per heavy atom. The molecule has 3 aromatic rings. The summed E-state index contributed by atoms with van der Waals surface area (Å²) in [6.07, 6.45) is 0. The predicted molar refractivity (Wildman–Crippen MR) is 99.3 cm³/mol. The van der Waals surface area contributed by atoms with Crippen molar-refractivity contribution in [2.45, 2.75) is 12.5 Å². The molecular weight excluding hydrogens is 358 g/mol. The zero-order valence-corrected chi connectivity index (χ0v) is 14.8. The van der Waals surface area contributed by atoms with E-state index in [9.17, 15) is 15.0 Å². The van der Waals surface area contributed by atoms with Gasteiger partial charge in [-0.15, -0.1) is 0 Å². The Hall–Kier alpha value is -3.98. The van der Waals surface area contributed by atoms with E-state index in [1.54, 1.807) is 30.3 Å². The molecule has 138 valence electrons. The van der Waals surface area contributed by atoms with Crippen LogP contribution in [-0.2, 0) is 10.3 Å². The third-order valence-corrected chi connectivity index (χ3v) is 4.68. The fraction of sp³-hybridized carbons (Fsp3) is 0.0909. The van der Waals surface area contributed by atoms with Gasteiger partial charge in [0, 0.05) is 35.7 Å². The van der Waals surface area contributed by atoms with Crippen LogP contribution in [0.5, 0.6) is 23.0 Å². The largest absolute Gasteiger partial charge is 0.508 e. The third kappa shape index (κ3) is 2.37. The van der Waals surface area contributed by atoms with Gasteiger partial charge in [-0.2, -0.15) is 5.26 Å². The van der Waals surface area contributed by atoms with Crippen LogP contribution in [0.25, 0.3) is 0 Å². The zero-order chi connectivity index (χ0) is 19.9. The number of hydrogen-bond donors (Lipinski definition) is 2. The molecule has 0 atom stereocenters. The molecule has 0 amide bonds. The van der Waals surface area contributed by atoms with Gasteiger partial charge in [0.1, 0.15) is 23.0 Å². The molecular formula is C22H15NO5. The van der Waals surface area contributed by atoms with Gasteiger partial charge >= 0.3 is 5.97 Å². The predicted octanol–water partition coefficient (Wildman–Crippen LogP) is 4.20. The summed E-state index contributed by atoms with van der Waals surface area (Å²) >= 11 is 0. The number of hydrogen-bond acceptors (Lipinski definition) is 6. The van der Waals surface area contributed by atoms with Gasteiger partial charge in [-0.05, 0) is 30.3 Å². The van der Waals surface area contributed by atoms with E-state index in [1.807, 2.05) is 12.1 Å². The van der Waals surface area contributed by atoms with Crippen molar-refractivity contribution in [3.63, 3.8) is 0 Å². The second kappa shape index (κ2) is 6.32. The molecule has 0 aromatic heterocycles. The van der Waals surface area contributed by atoms with Gasteiger partial charge in [-0.3, -0.25) is 0 Å². The summed E-state index contributed by atoms with van der Waals surface area (Å²) < 4.78 is 11.8. The third-order valence-electron chi connectivity index (χ3n) is 4.68. The number of rotatable bonds is 0. The number of fused-ring (bicyclic) bond motifs is 6. The van der Waals surface area contributed by atoms with Gasteiger partial charge in [0.2, 0.25) is 0 Å². The van der Waals surface area contributed by atoms with Crippen LogP contribution in [0.4, 0.5) is 0 Å². The summed E-state index contributed by atoms with van der Waals surface area (Å²) in [4.78, 5) is 12.5. The number of phenols is 2. The van der Waals surface area contributed by atoms with E-state index < -0.39 is 11.6 Å². The van der Waals surface area contributed by atoms with Crippen LogP contribution in [0.1, 0.15) is 34.0 Å². The Morgan fingerprint density at radius 2 is 1.43 bits per heavy atom. The maximum atomic E-state index is 12.5. The number of ether oxygens (including phenoxy) is 2. The second-order valence-electron chi connectivity index (χ2n) is 6.30. The average molecular weight is 373 g/mol. The number of carbonyl (C=O) groups is 1. The number of phenolic OH excluding ortho intramolecular Hbond substituents is 2. The van der Waals surface area contributed by atoms with Crippen LogP contribution in [0.2, 0.25) is 0 Å². The minimum atomic E-state index is -1.17. The molecule has 6 heteroatoms. The number of aromatic hydroxyl groups is 2. The van der Waals surface area contributed by atoms with E-state index in [1.165, 1.54) is 31.2 Å². The summed E-state index contributed by atoms with van der Waals surface area (Å²) in [7, 11) is 0. The lowest BCUT2D eigenvalue weighted by Crippen LogP contribution is -2.32. The van der Waals surface area contributed by atoms with E-state index in [4.69, 9.17) is 14.7 Å². The lowest BCUT2D eigenvalue weighted by molar-refractivity contribution is 0.0224. The van der Waals surface area contributed by atoms with E-state index in [-0.39, 0.29) is 11.5 Å². The molecule has 0 fully saturated rings. The summed E-state index contributed by atoms with van der Waals surface area (Å²) in [5.41, 5.74) is 1.28. The van der Waals surface area contributed by atoms with Gasteiger partial charge in [0.15, 0.2) is 5.60 Å². The monoisotopic (exact) mass is 373 g/mol. The van der Waals surface area contributed by atoms with Gasteiger partial charge in [0.05, 0.1) is 11.6 Å². The van der Waals surface area contributed by atoms with E-state index in [0.717, 1.165) is 0 Å². The van der Waals surface area contributed by atoms with Crippen molar-refractivity contribution in [3.8, 4) is 29.1 Å². The molecule has 5 rings (SSSR count). The summed E-state index contributed by atoms with van der Waals surface area (Å²) in [5, 5.41) is 27.0. The summed E-state index contributed by atoms with van der Waals surface area (Å²) in [5.74, 6) is 0.408. The van der Waals surface area contributed by atoms with Crippen molar-refractivity contribution < 1.29 is 24.5 Å². The Morgan fingerprint density at radius 3 is 2.00 bits per heavy atom. The molecule has 0 saturated carbocycles. The number of benzene rings is 3. The fourth-order valence-corrected chi connectivity index (χ4v) is 3.65. The van der Waals surface area contributed by atoms with Crippen molar-refractivity contribution in [1.82, 2.24) is 0 Å². The highest BCUT2D eigenvalue weighted by atomic mass is 16.6. The zero-order valence-electron chi connectivity index (χ0n) is 14.8. The molecule has 2 N–H and O–H groups in total. The molecule has 3 aromatic carbocycles. The van der Waals surface area contributed by atoms with Crippen molar-refractivity contribution in [2.75, 3.05) is 0 Å². The molecule has 0 unspecified atom stereocenters. The van der Waals surface area contributed by atoms with Gasteiger partial charge in [-0.1, -0.05) is 18.2 Å². The van der Waals surface area contributed by atoms with Crippen LogP contribution < -0.4 is 4.74 Å². The second-order valence-corrected chi connectivity index (χ2v) is 6.30. The maximum absolute atomic E-state index is 12.5. The highest BCUT2D eigenvalue weighted by molar-refractivity contribution is 5.97. The summed E-state index contributed by atoms with van der Waals surface area (Å²) in [6.45, 7) is 1.43. The fourth-order valence-electron chi connectivity index (χ4n) is 3.65. The highest BCUT2D eigenvalue weighted by Crippen LogP contribution is 2.56. The SMILES string of the molecule is CC#N.O=C1OC2(c3ccc(O)cc3Oc3cc(O)ccc32)c2ccccc21. The van der Waals surface area contributed by atoms with Crippen LogP contribution in [-0.4, -0.2) is 16.2 Å². The normalized spacial score (nSPS) is 14.4. The van der Waals surface area contributed by atoms with Crippen molar-refractivity contribution >= 4 is 5.97 Å². The first-order valence-electron chi connectivity index (χ1n) is 8.49. The number of nitrogens with zero attached hydrogens (tertiary/aromatic N) is 1. The van der Waals surface area contributed by atoms with E-state index in [0.29, 0.717) is 33.8 Å². The maximum Gasteiger partial charge on any atom is 0.340 e. The van der Waals surface area contributed by atoms with Crippen LogP contribution in [0, 0.1) is 11.3 Å². The van der Waals surface area contributed by atoms with E-state index in [2.05, 4.69) is 0 Å². The molecule has 2 aliphatic rings. The quantitative estimate of drug-likeness (QED) is 0.573. The van der Waals surface area contributed by atoms with Gasteiger partial charge < -0.3 is 19.7 Å². The minimum Gasteiger partial charge on any atom is -0.508 e. The Kier molecular flexibility index (Phi) is 3.94. The molecule has 0 bridgehead atoms. The molecule has 2 aliphatic heterocycles. The number of nitriles is 1. The molecule has 2 heterocycles. The lowest BCUT2D eigenvalue weighted by atomic mass is 9.77. The van der Waals surface area contributed by atoms with Gasteiger partial charge in [-0.25, -0.2) is 4.79 Å². The molecule has 0 saturated heterocycles. The first-order chi connectivity index (χ1) is 13.5. The van der Waals surface area contributed by atoms with Crippen molar-refractivity contribution in [3.05, 3.63) is 82.9 Å². The smallest absolute Gasteiger partial charge is 0.340 e. The topological polar surface area (TPSA) is 99.8 Å². The lowest BCUT2D eigenvalue weighted by Gasteiger charge is -2.36. The number of esters is 1. The van der Waals surface area contributed by atoms with E-state index >= 15 is 0 Å². The Balaban J connectivity index is 0.000000604. The van der Waals surface area contributed by atoms with Crippen LogP contribution in [0.15, 0.2) is 60.7 Å². The standard InChI is InChI=1S/C20H12O5.C2H3N/c21-11-5-7-15-17(9-11)24-18-10-12(22)6-8-16(18)20(15)14-4-2-1-3-13(14)19(23)25-20;1-2-3/h1-10,21-22H;1H3.